The van der Waals surface area contributed by atoms with Gasteiger partial charge in [-0.2, -0.15) is 0 Å². The Labute approximate surface area is 164 Å². The Morgan fingerprint density at radius 3 is 2.57 bits per heavy atom. The summed E-state index contributed by atoms with van der Waals surface area (Å²) in [7, 11) is 1.75. The molecule has 0 saturated carbocycles. The van der Waals surface area contributed by atoms with Gasteiger partial charge < -0.3 is 14.1 Å². The molecule has 3 aromatic rings. The molecule has 0 bridgehead atoms. The zero-order chi connectivity index (χ0) is 20.1. The van der Waals surface area contributed by atoms with Gasteiger partial charge in [0.25, 0.3) is 5.91 Å². The van der Waals surface area contributed by atoms with Crippen LogP contribution in [0.15, 0.2) is 57.7 Å². The van der Waals surface area contributed by atoms with Gasteiger partial charge in [0.05, 0.1) is 0 Å². The maximum Gasteiger partial charge on any atom is 0.336 e. The molecule has 1 heterocycles. The van der Waals surface area contributed by atoms with Crippen LogP contribution in [-0.4, -0.2) is 24.5 Å². The third-order valence-corrected chi connectivity index (χ3v) is 4.65. The molecule has 0 unspecified atom stereocenters. The van der Waals surface area contributed by atoms with Crippen molar-refractivity contribution in [3.8, 4) is 5.75 Å². The number of rotatable bonds is 7. The number of nitrogens with zero attached hydrogens (tertiary/aromatic N) is 1. The molecule has 2 aromatic carbocycles. The molecule has 3 rings (SSSR count). The minimum atomic E-state index is -0.373. The van der Waals surface area contributed by atoms with Crippen LogP contribution in [0.3, 0.4) is 0 Å². The summed E-state index contributed by atoms with van der Waals surface area (Å²) in [5.74, 6) is 0.378. The Morgan fingerprint density at radius 1 is 1.11 bits per heavy atom. The van der Waals surface area contributed by atoms with Gasteiger partial charge >= 0.3 is 5.63 Å². The Hall–Kier alpha value is -3.08. The normalized spacial score (nSPS) is 10.8. The molecule has 1 amide bonds. The second-order valence-electron chi connectivity index (χ2n) is 7.02. The van der Waals surface area contributed by atoms with Gasteiger partial charge in [-0.3, -0.25) is 4.79 Å². The minimum Gasteiger partial charge on any atom is -0.484 e. The smallest absolute Gasteiger partial charge is 0.336 e. The molecule has 146 valence electrons. The van der Waals surface area contributed by atoms with Crippen molar-refractivity contribution in [3.63, 3.8) is 0 Å². The number of benzene rings is 2. The number of hydrogen-bond donors (Lipinski definition) is 0. The lowest BCUT2D eigenvalue weighted by Crippen LogP contribution is -2.30. The molecule has 0 aliphatic rings. The lowest BCUT2D eigenvalue weighted by molar-refractivity contribution is -0.132. The van der Waals surface area contributed by atoms with E-state index in [1.54, 1.807) is 24.1 Å². The molecule has 0 atom stereocenters. The molecule has 0 fully saturated rings. The van der Waals surface area contributed by atoms with Crippen LogP contribution >= 0.6 is 0 Å². The fourth-order valence-corrected chi connectivity index (χ4v) is 3.09. The van der Waals surface area contributed by atoms with E-state index in [1.165, 1.54) is 11.6 Å². The van der Waals surface area contributed by atoms with Gasteiger partial charge in [-0.25, -0.2) is 4.79 Å². The summed E-state index contributed by atoms with van der Waals surface area (Å²) < 4.78 is 10.9. The molecular formula is C23H25NO4. The van der Waals surface area contributed by atoms with Crippen LogP contribution in [0.25, 0.3) is 11.0 Å². The van der Waals surface area contributed by atoms with Gasteiger partial charge in [-0.05, 0) is 36.6 Å². The first kappa shape index (κ1) is 19.7. The van der Waals surface area contributed by atoms with Crippen LogP contribution in [0.4, 0.5) is 0 Å². The summed E-state index contributed by atoms with van der Waals surface area (Å²) in [5.41, 5.74) is 3.33. The lowest BCUT2D eigenvalue weighted by Gasteiger charge is -2.18. The molecule has 5 heteroatoms. The fourth-order valence-electron chi connectivity index (χ4n) is 3.09. The quantitative estimate of drug-likeness (QED) is 0.580. The highest BCUT2D eigenvalue weighted by Gasteiger charge is 2.12. The SMILES string of the molecule is CCCc1cc(=O)oc2cc(OCC(=O)N(C)Cc3ccc(C)cc3)ccc12. The second kappa shape index (κ2) is 8.74. The van der Waals surface area contributed by atoms with E-state index in [4.69, 9.17) is 9.15 Å². The van der Waals surface area contributed by atoms with Gasteiger partial charge in [0, 0.05) is 31.1 Å². The summed E-state index contributed by atoms with van der Waals surface area (Å²) in [6.45, 7) is 4.54. The molecule has 1 aromatic heterocycles. The Kier molecular flexibility index (Phi) is 6.14. The lowest BCUT2D eigenvalue weighted by atomic mass is 10.1. The zero-order valence-electron chi connectivity index (χ0n) is 16.5. The van der Waals surface area contributed by atoms with Crippen molar-refractivity contribution in [2.24, 2.45) is 0 Å². The van der Waals surface area contributed by atoms with E-state index in [0.29, 0.717) is 17.9 Å². The van der Waals surface area contributed by atoms with Gasteiger partial charge in [-0.15, -0.1) is 0 Å². The van der Waals surface area contributed by atoms with E-state index in [-0.39, 0.29) is 18.1 Å². The van der Waals surface area contributed by atoms with Crippen LogP contribution in [0.1, 0.15) is 30.0 Å². The van der Waals surface area contributed by atoms with Gasteiger partial charge in [0.1, 0.15) is 11.3 Å². The number of carbonyl (C=O) groups excluding carboxylic acids is 1. The molecule has 28 heavy (non-hydrogen) atoms. The van der Waals surface area contributed by atoms with E-state index >= 15 is 0 Å². The third kappa shape index (κ3) is 4.80. The predicted octanol–water partition coefficient (Wildman–Crippen LogP) is 4.09. The standard InChI is InChI=1S/C23H25NO4/c1-4-5-18-12-23(26)28-21-13-19(10-11-20(18)21)27-15-22(25)24(3)14-17-8-6-16(2)7-9-17/h6-13H,4-5,14-15H2,1-3H3. The van der Waals surface area contributed by atoms with Crippen LogP contribution in [0.5, 0.6) is 5.75 Å². The highest BCUT2D eigenvalue weighted by Crippen LogP contribution is 2.23. The van der Waals surface area contributed by atoms with Crippen LogP contribution < -0.4 is 10.4 Å². The molecule has 5 nitrogen and oxygen atoms in total. The van der Waals surface area contributed by atoms with E-state index < -0.39 is 0 Å². The molecule has 0 radical (unpaired) electrons. The van der Waals surface area contributed by atoms with Crippen molar-refractivity contribution in [3.05, 3.63) is 75.6 Å². The van der Waals surface area contributed by atoms with Crippen LogP contribution in [0.2, 0.25) is 0 Å². The number of ether oxygens (including phenoxy) is 1. The summed E-state index contributed by atoms with van der Waals surface area (Å²) >= 11 is 0. The average Bonchev–Trinajstić information content (AvgIpc) is 2.67. The largest absolute Gasteiger partial charge is 0.484 e. The Balaban J connectivity index is 1.66. The van der Waals surface area contributed by atoms with E-state index in [1.807, 2.05) is 37.3 Å². The van der Waals surface area contributed by atoms with Crippen molar-refractivity contribution in [1.29, 1.82) is 0 Å². The molecule has 0 aliphatic heterocycles. The predicted molar refractivity (Wildman–Crippen MR) is 110 cm³/mol. The van der Waals surface area contributed by atoms with Crippen molar-refractivity contribution in [1.82, 2.24) is 4.90 Å². The summed E-state index contributed by atoms with van der Waals surface area (Å²) in [5, 5.41) is 0.900. The highest BCUT2D eigenvalue weighted by atomic mass is 16.5. The first-order chi connectivity index (χ1) is 13.5. The number of aryl methyl sites for hydroxylation is 2. The van der Waals surface area contributed by atoms with Gasteiger partial charge in [0.2, 0.25) is 0 Å². The molecule has 0 saturated heterocycles. The summed E-state index contributed by atoms with van der Waals surface area (Å²) in [6, 6.07) is 15.0. The Morgan fingerprint density at radius 2 is 1.86 bits per heavy atom. The van der Waals surface area contributed by atoms with Gasteiger partial charge in [-0.1, -0.05) is 43.2 Å². The number of hydrogen-bond acceptors (Lipinski definition) is 4. The average molecular weight is 379 g/mol. The van der Waals surface area contributed by atoms with E-state index in [0.717, 1.165) is 29.4 Å². The van der Waals surface area contributed by atoms with Crippen molar-refractivity contribution < 1.29 is 13.9 Å². The minimum absolute atomic E-state index is 0.0766. The van der Waals surface area contributed by atoms with E-state index in [2.05, 4.69) is 6.92 Å². The number of likely N-dealkylation sites (N-methyl/N-ethyl adjacent to an activating group) is 1. The van der Waals surface area contributed by atoms with Crippen LogP contribution in [0, 0.1) is 6.92 Å². The molecule has 0 spiro atoms. The first-order valence-corrected chi connectivity index (χ1v) is 9.45. The number of carbonyl (C=O) groups is 1. The topological polar surface area (TPSA) is 59.8 Å². The maximum atomic E-state index is 12.4. The Bertz CT molecular complexity index is 1020. The number of fused-ring (bicyclic) bond motifs is 1. The van der Waals surface area contributed by atoms with Crippen molar-refractivity contribution >= 4 is 16.9 Å². The summed E-state index contributed by atoms with van der Waals surface area (Å²) in [6.07, 6.45) is 1.75. The zero-order valence-corrected chi connectivity index (χ0v) is 16.5. The number of amides is 1. The second-order valence-corrected chi connectivity index (χ2v) is 7.02. The summed E-state index contributed by atoms with van der Waals surface area (Å²) in [4.78, 5) is 25.8. The highest BCUT2D eigenvalue weighted by molar-refractivity contribution is 5.82. The van der Waals surface area contributed by atoms with E-state index in [9.17, 15) is 9.59 Å². The van der Waals surface area contributed by atoms with Crippen LogP contribution in [-0.2, 0) is 17.8 Å². The van der Waals surface area contributed by atoms with Crippen molar-refractivity contribution in [2.75, 3.05) is 13.7 Å². The molecular weight excluding hydrogens is 354 g/mol. The maximum absolute atomic E-state index is 12.4. The van der Waals surface area contributed by atoms with Crippen molar-refractivity contribution in [2.45, 2.75) is 33.2 Å². The third-order valence-electron chi connectivity index (χ3n) is 4.65. The fraction of sp³-hybridized carbons (Fsp3) is 0.304. The first-order valence-electron chi connectivity index (χ1n) is 9.45. The monoisotopic (exact) mass is 379 g/mol. The molecule has 0 N–H and O–H groups in total. The van der Waals surface area contributed by atoms with Gasteiger partial charge in [0.15, 0.2) is 6.61 Å². The molecule has 0 aliphatic carbocycles.